The Hall–Kier alpha value is 0.423. The normalized spacial score (nSPS) is 12.5. The van der Waals surface area contributed by atoms with Crippen molar-refractivity contribution in [1.82, 2.24) is 0 Å². The van der Waals surface area contributed by atoms with E-state index in [2.05, 4.69) is 39.8 Å². The maximum absolute atomic E-state index is 4.93. The first-order valence-electron chi connectivity index (χ1n) is 5.24. The van der Waals surface area contributed by atoms with Gasteiger partial charge in [-0.1, -0.05) is 17.7 Å². The van der Waals surface area contributed by atoms with Crippen LogP contribution in [-0.4, -0.2) is 0 Å². The first kappa shape index (κ1) is 14.5. The predicted octanol–water partition coefficient (Wildman–Crippen LogP) is 4.95. The molecule has 0 saturated heterocycles. The third kappa shape index (κ3) is 3.22. The van der Waals surface area contributed by atoms with Crippen molar-refractivity contribution in [2.45, 2.75) is 34.1 Å². The van der Waals surface area contributed by atoms with Crippen LogP contribution >= 0.6 is 17.0 Å². The topological polar surface area (TPSA) is 0 Å². The summed E-state index contributed by atoms with van der Waals surface area (Å²) in [4.78, 5) is 0. The van der Waals surface area contributed by atoms with Crippen molar-refractivity contribution in [3.63, 3.8) is 0 Å². The molecule has 1 aliphatic rings. The van der Waals surface area contributed by atoms with Gasteiger partial charge in [0.15, 0.2) is 0 Å². The van der Waals surface area contributed by atoms with Crippen molar-refractivity contribution >= 4 is 23.1 Å². The Balaban J connectivity index is 0.000000386. The number of fused-ring (bicyclic) bond motifs is 1. The molecule has 0 bridgehead atoms. The fraction of sp³-hybridized carbons (Fsp3) is 0.385. The summed E-state index contributed by atoms with van der Waals surface area (Å²) in [5, 5.41) is 0. The van der Waals surface area contributed by atoms with Crippen molar-refractivity contribution < 1.29 is 20.8 Å². The van der Waals surface area contributed by atoms with Gasteiger partial charge in [0.2, 0.25) is 0 Å². The first-order valence-corrected chi connectivity index (χ1v) is 11.6. The van der Waals surface area contributed by atoms with Crippen LogP contribution in [0.2, 0.25) is 0 Å². The van der Waals surface area contributed by atoms with E-state index in [1.165, 1.54) is 33.4 Å². The van der Waals surface area contributed by atoms with Crippen molar-refractivity contribution in [1.29, 1.82) is 0 Å². The van der Waals surface area contributed by atoms with Crippen LogP contribution in [0.3, 0.4) is 0 Å². The molecule has 0 radical (unpaired) electrons. The second kappa shape index (κ2) is 6.38. The Labute approximate surface area is 117 Å². The molecular formula is C13H16Cl2Zr. The molecule has 1 aliphatic carbocycles. The number of halogens is 2. The second-order valence-corrected chi connectivity index (χ2v) is 7.99. The summed E-state index contributed by atoms with van der Waals surface area (Å²) in [5.74, 6) is 0. The molecule has 3 heteroatoms. The molecule has 0 aromatic heterocycles. The number of allylic oxidation sites excluding steroid dienone is 1. The van der Waals surface area contributed by atoms with Gasteiger partial charge >= 0.3 is 37.9 Å². The van der Waals surface area contributed by atoms with E-state index in [9.17, 15) is 0 Å². The minimum absolute atomic E-state index is 0.826. The summed E-state index contributed by atoms with van der Waals surface area (Å²) < 4.78 is 0. The van der Waals surface area contributed by atoms with Crippen LogP contribution in [0.5, 0.6) is 0 Å². The third-order valence-electron chi connectivity index (χ3n) is 3.15. The summed E-state index contributed by atoms with van der Waals surface area (Å²) >= 11 is -0.826. The van der Waals surface area contributed by atoms with E-state index in [0.29, 0.717) is 0 Å². The van der Waals surface area contributed by atoms with Gasteiger partial charge in [0.05, 0.1) is 0 Å². The van der Waals surface area contributed by atoms with Crippen LogP contribution < -0.4 is 0 Å². The van der Waals surface area contributed by atoms with E-state index in [1.807, 2.05) is 0 Å². The van der Waals surface area contributed by atoms with Gasteiger partial charge in [-0.25, -0.2) is 0 Å². The number of hydrogen-bond acceptors (Lipinski definition) is 0. The van der Waals surface area contributed by atoms with Gasteiger partial charge in [-0.15, -0.1) is 0 Å². The van der Waals surface area contributed by atoms with Crippen molar-refractivity contribution in [2.75, 3.05) is 0 Å². The van der Waals surface area contributed by atoms with Gasteiger partial charge in [0, 0.05) is 0 Å². The Morgan fingerprint density at radius 2 is 1.62 bits per heavy atom. The number of hydrogen-bond donors (Lipinski definition) is 0. The van der Waals surface area contributed by atoms with Crippen LogP contribution in [0.4, 0.5) is 0 Å². The fourth-order valence-corrected chi connectivity index (χ4v) is 2.13. The van der Waals surface area contributed by atoms with E-state index in [0.717, 1.165) is 6.42 Å². The van der Waals surface area contributed by atoms with E-state index in [-0.39, 0.29) is 0 Å². The van der Waals surface area contributed by atoms with Crippen molar-refractivity contribution in [3.8, 4) is 0 Å². The Morgan fingerprint density at radius 3 is 2.19 bits per heavy atom. The van der Waals surface area contributed by atoms with Crippen LogP contribution in [0.15, 0.2) is 11.6 Å². The van der Waals surface area contributed by atoms with E-state index in [1.54, 1.807) is 0 Å². The van der Waals surface area contributed by atoms with Crippen molar-refractivity contribution in [2.24, 2.45) is 0 Å². The van der Waals surface area contributed by atoms with Gasteiger partial charge in [0.1, 0.15) is 0 Å². The molecule has 86 valence electrons. The number of aryl methyl sites for hydroxylation is 1. The van der Waals surface area contributed by atoms with Gasteiger partial charge in [-0.3, -0.25) is 0 Å². The number of rotatable bonds is 0. The molecule has 0 spiro atoms. The van der Waals surface area contributed by atoms with Crippen LogP contribution in [0.1, 0.15) is 34.7 Å². The molecule has 0 saturated carbocycles. The molecule has 0 nitrogen and oxygen atoms in total. The standard InChI is InChI=1S/C13H16.2ClH.Zr/c1-8-5-12-7-9(2)10(3)11(4)13(12)6-8;;;/h6-7H,5H2,1-4H3;2*1H;/q;;;+2/p-2. The Morgan fingerprint density at radius 1 is 1.06 bits per heavy atom. The molecule has 0 unspecified atom stereocenters. The van der Waals surface area contributed by atoms with Gasteiger partial charge in [-0.2, -0.15) is 0 Å². The minimum atomic E-state index is -0.826. The van der Waals surface area contributed by atoms with Crippen LogP contribution in [-0.2, 0) is 27.3 Å². The molecule has 0 heterocycles. The fourth-order valence-electron chi connectivity index (χ4n) is 2.13. The van der Waals surface area contributed by atoms with Gasteiger partial charge in [0.25, 0.3) is 0 Å². The van der Waals surface area contributed by atoms with E-state index < -0.39 is 20.8 Å². The number of benzene rings is 1. The summed E-state index contributed by atoms with van der Waals surface area (Å²) in [7, 11) is 9.87. The molecule has 16 heavy (non-hydrogen) atoms. The Kier molecular flexibility index (Phi) is 5.78. The zero-order chi connectivity index (χ0) is 12.3. The molecule has 0 atom stereocenters. The van der Waals surface area contributed by atoms with Gasteiger partial charge < -0.3 is 0 Å². The summed E-state index contributed by atoms with van der Waals surface area (Å²) in [6.45, 7) is 8.86. The zero-order valence-electron chi connectivity index (χ0n) is 10.1. The maximum atomic E-state index is 4.93. The second-order valence-electron chi connectivity index (χ2n) is 4.26. The average Bonchev–Trinajstić information content (AvgIpc) is 2.57. The van der Waals surface area contributed by atoms with Gasteiger partial charge in [-0.05, 0) is 61.9 Å². The molecule has 1 aromatic rings. The average molecular weight is 334 g/mol. The molecule has 2 rings (SSSR count). The zero-order valence-corrected chi connectivity index (χ0v) is 14.1. The SMILES string of the molecule is CC1=Cc2c(cc(C)c(C)c2C)C1.[Cl][Zr][Cl]. The molecular weight excluding hydrogens is 318 g/mol. The molecule has 1 aromatic carbocycles. The summed E-state index contributed by atoms with van der Waals surface area (Å²) in [6.07, 6.45) is 3.48. The summed E-state index contributed by atoms with van der Waals surface area (Å²) in [6, 6.07) is 2.34. The predicted molar refractivity (Wildman–Crippen MR) is 69.7 cm³/mol. The molecule has 0 aliphatic heterocycles. The third-order valence-corrected chi connectivity index (χ3v) is 3.15. The Bertz CT molecular complexity index is 422. The monoisotopic (exact) mass is 332 g/mol. The molecule has 0 fully saturated rings. The quantitative estimate of drug-likeness (QED) is 0.630. The summed E-state index contributed by atoms with van der Waals surface area (Å²) in [5.41, 5.74) is 8.82. The van der Waals surface area contributed by atoms with Crippen LogP contribution in [0, 0.1) is 20.8 Å². The van der Waals surface area contributed by atoms with E-state index in [4.69, 9.17) is 17.0 Å². The molecule has 0 N–H and O–H groups in total. The van der Waals surface area contributed by atoms with E-state index >= 15 is 0 Å². The van der Waals surface area contributed by atoms with Crippen molar-refractivity contribution in [3.05, 3.63) is 39.5 Å². The first-order chi connectivity index (χ1) is 7.51. The van der Waals surface area contributed by atoms with Crippen LogP contribution in [0.25, 0.3) is 6.08 Å². The molecule has 0 amide bonds.